The zero-order chi connectivity index (χ0) is 23.5. The molecule has 0 aliphatic heterocycles. The minimum Gasteiger partial charge on any atom is -0.507 e. The molecular weight excluding hydrogens is 422 g/mol. The summed E-state index contributed by atoms with van der Waals surface area (Å²) in [6, 6.07) is 17.2. The molecule has 0 fully saturated rings. The molecule has 0 saturated heterocycles. The Morgan fingerprint density at radius 1 is 1.06 bits per heavy atom. The standard InChI is InChI=1S/C26H21NO6/c1-3-32-25(30)20(23(29)16-9-5-4-6-10-16)14-27-21-13-19-17-11-7-8-12-18(17)22(28)15(2)24(19)33-26(21)31/h4-14,28-29H,3H2,1-2H3/b23-20+,27-14?. The molecule has 166 valence electrons. The van der Waals surface area contributed by atoms with Gasteiger partial charge in [-0.15, -0.1) is 0 Å². The van der Waals surface area contributed by atoms with Crippen molar-refractivity contribution in [3.63, 3.8) is 0 Å². The van der Waals surface area contributed by atoms with Crippen molar-refractivity contribution in [1.29, 1.82) is 0 Å². The van der Waals surface area contributed by atoms with Crippen LogP contribution in [0.15, 0.2) is 80.4 Å². The van der Waals surface area contributed by atoms with Gasteiger partial charge < -0.3 is 19.4 Å². The summed E-state index contributed by atoms with van der Waals surface area (Å²) >= 11 is 0. The fraction of sp³-hybridized carbons (Fsp3) is 0.115. The van der Waals surface area contributed by atoms with Gasteiger partial charge in [0.05, 0.1) is 6.61 Å². The fourth-order valence-corrected chi connectivity index (χ4v) is 3.57. The molecule has 0 bridgehead atoms. The van der Waals surface area contributed by atoms with Gasteiger partial charge in [-0.3, -0.25) is 0 Å². The molecule has 1 heterocycles. The highest BCUT2D eigenvalue weighted by molar-refractivity contribution is 6.16. The second-order valence-electron chi connectivity index (χ2n) is 7.29. The number of aromatic hydroxyl groups is 1. The second kappa shape index (κ2) is 9.00. The van der Waals surface area contributed by atoms with Gasteiger partial charge in [0.25, 0.3) is 0 Å². The molecular formula is C26H21NO6. The van der Waals surface area contributed by atoms with Crippen molar-refractivity contribution in [2.45, 2.75) is 13.8 Å². The lowest BCUT2D eigenvalue weighted by molar-refractivity contribution is -0.137. The van der Waals surface area contributed by atoms with E-state index in [0.29, 0.717) is 27.3 Å². The molecule has 7 nitrogen and oxygen atoms in total. The van der Waals surface area contributed by atoms with Crippen LogP contribution in [0.3, 0.4) is 0 Å². The van der Waals surface area contributed by atoms with E-state index < -0.39 is 11.6 Å². The van der Waals surface area contributed by atoms with E-state index in [1.54, 1.807) is 62.4 Å². The van der Waals surface area contributed by atoms with Gasteiger partial charge >= 0.3 is 11.6 Å². The van der Waals surface area contributed by atoms with Crippen molar-refractivity contribution in [3.8, 4) is 5.75 Å². The number of aliphatic hydroxyl groups excluding tert-OH is 1. The molecule has 2 N–H and O–H groups in total. The smallest absolute Gasteiger partial charge is 0.362 e. The van der Waals surface area contributed by atoms with Gasteiger partial charge in [-0.05, 0) is 25.3 Å². The van der Waals surface area contributed by atoms with Crippen LogP contribution in [0.5, 0.6) is 5.75 Å². The lowest BCUT2D eigenvalue weighted by Gasteiger charge is -2.10. The van der Waals surface area contributed by atoms with Crippen LogP contribution in [0.4, 0.5) is 5.69 Å². The minimum absolute atomic E-state index is 0.0396. The predicted molar refractivity (Wildman–Crippen MR) is 127 cm³/mol. The van der Waals surface area contributed by atoms with Crippen LogP contribution >= 0.6 is 0 Å². The number of rotatable bonds is 5. The number of fused-ring (bicyclic) bond motifs is 3. The second-order valence-corrected chi connectivity index (χ2v) is 7.29. The van der Waals surface area contributed by atoms with Crippen molar-refractivity contribution < 1.29 is 24.2 Å². The van der Waals surface area contributed by atoms with Crippen molar-refractivity contribution in [2.75, 3.05) is 6.61 Å². The van der Waals surface area contributed by atoms with E-state index in [4.69, 9.17) is 9.15 Å². The Hall–Kier alpha value is -4.39. The Kier molecular flexibility index (Phi) is 5.95. The molecule has 0 radical (unpaired) electrons. The Morgan fingerprint density at radius 2 is 1.73 bits per heavy atom. The Balaban J connectivity index is 1.89. The number of esters is 1. The average molecular weight is 443 g/mol. The zero-order valence-corrected chi connectivity index (χ0v) is 18.0. The third kappa shape index (κ3) is 4.08. The molecule has 0 spiro atoms. The first-order chi connectivity index (χ1) is 15.9. The van der Waals surface area contributed by atoms with E-state index in [1.807, 2.05) is 6.07 Å². The maximum Gasteiger partial charge on any atom is 0.362 e. The van der Waals surface area contributed by atoms with Crippen LogP contribution in [0.1, 0.15) is 18.1 Å². The number of nitrogens with zero attached hydrogens (tertiary/aromatic N) is 1. The first kappa shape index (κ1) is 21.8. The molecule has 0 aliphatic rings. The van der Waals surface area contributed by atoms with Crippen LogP contribution in [-0.4, -0.2) is 29.0 Å². The number of aliphatic hydroxyl groups is 1. The molecule has 0 amide bonds. The molecule has 0 unspecified atom stereocenters. The van der Waals surface area contributed by atoms with Gasteiger partial charge in [0.15, 0.2) is 0 Å². The van der Waals surface area contributed by atoms with Crippen LogP contribution in [-0.2, 0) is 9.53 Å². The Morgan fingerprint density at radius 3 is 2.42 bits per heavy atom. The van der Waals surface area contributed by atoms with Crippen LogP contribution in [0.2, 0.25) is 0 Å². The molecule has 33 heavy (non-hydrogen) atoms. The third-order valence-electron chi connectivity index (χ3n) is 5.23. The quantitative estimate of drug-likeness (QED) is 0.110. The molecule has 1 aromatic heterocycles. The topological polar surface area (TPSA) is 109 Å². The Bertz CT molecular complexity index is 1480. The number of hydrogen-bond acceptors (Lipinski definition) is 7. The number of carbonyl (C=O) groups excluding carboxylic acids is 1. The highest BCUT2D eigenvalue weighted by atomic mass is 16.5. The van der Waals surface area contributed by atoms with Crippen molar-refractivity contribution in [1.82, 2.24) is 0 Å². The van der Waals surface area contributed by atoms with E-state index in [-0.39, 0.29) is 35.0 Å². The number of aryl methyl sites for hydroxylation is 1. The maximum absolute atomic E-state index is 12.6. The van der Waals surface area contributed by atoms with Gasteiger partial charge in [0.2, 0.25) is 0 Å². The summed E-state index contributed by atoms with van der Waals surface area (Å²) in [6.45, 7) is 3.41. The number of ether oxygens (including phenoxy) is 1. The highest BCUT2D eigenvalue weighted by Crippen LogP contribution is 2.37. The van der Waals surface area contributed by atoms with E-state index in [9.17, 15) is 19.8 Å². The molecule has 0 saturated carbocycles. The molecule has 4 aromatic rings. The third-order valence-corrected chi connectivity index (χ3v) is 5.23. The number of carbonyl (C=O) groups is 1. The SMILES string of the molecule is CCOC(=O)/C(C=Nc1cc2c(oc1=O)c(C)c(O)c1ccccc12)=C(/O)c1ccccc1. The first-order valence-corrected chi connectivity index (χ1v) is 10.3. The monoisotopic (exact) mass is 443 g/mol. The Labute approximate surface area is 188 Å². The fourth-order valence-electron chi connectivity index (χ4n) is 3.57. The number of benzene rings is 3. The van der Waals surface area contributed by atoms with Crippen LogP contribution in [0.25, 0.3) is 27.5 Å². The van der Waals surface area contributed by atoms with E-state index in [1.165, 1.54) is 6.07 Å². The maximum atomic E-state index is 12.6. The van der Waals surface area contributed by atoms with E-state index in [0.717, 1.165) is 6.21 Å². The summed E-state index contributed by atoms with van der Waals surface area (Å²) in [5, 5.41) is 23.0. The van der Waals surface area contributed by atoms with Gasteiger partial charge in [0, 0.05) is 28.1 Å². The predicted octanol–water partition coefficient (Wildman–Crippen LogP) is 5.19. The van der Waals surface area contributed by atoms with Gasteiger partial charge in [-0.2, -0.15) is 0 Å². The molecule has 7 heteroatoms. The number of aliphatic imine (C=N–C) groups is 1. The lowest BCUT2D eigenvalue weighted by Crippen LogP contribution is -2.11. The van der Waals surface area contributed by atoms with E-state index in [2.05, 4.69) is 4.99 Å². The molecule has 0 atom stereocenters. The largest absolute Gasteiger partial charge is 0.507 e. The van der Waals surface area contributed by atoms with Gasteiger partial charge in [0.1, 0.15) is 28.4 Å². The zero-order valence-electron chi connectivity index (χ0n) is 18.0. The van der Waals surface area contributed by atoms with E-state index >= 15 is 0 Å². The van der Waals surface area contributed by atoms with Gasteiger partial charge in [-0.25, -0.2) is 14.6 Å². The van der Waals surface area contributed by atoms with Crippen molar-refractivity contribution in [2.24, 2.45) is 4.99 Å². The van der Waals surface area contributed by atoms with Crippen molar-refractivity contribution >= 4 is 45.4 Å². The van der Waals surface area contributed by atoms with Crippen molar-refractivity contribution in [3.05, 3.63) is 87.8 Å². The molecule has 4 rings (SSSR count). The number of phenolic OH excluding ortho intramolecular Hbond substituents is 1. The summed E-state index contributed by atoms with van der Waals surface area (Å²) in [4.78, 5) is 29.2. The number of phenols is 1. The summed E-state index contributed by atoms with van der Waals surface area (Å²) < 4.78 is 10.5. The summed E-state index contributed by atoms with van der Waals surface area (Å²) in [5.74, 6) is -1.06. The highest BCUT2D eigenvalue weighted by Gasteiger charge is 2.18. The summed E-state index contributed by atoms with van der Waals surface area (Å²) in [6.07, 6.45) is 1.09. The first-order valence-electron chi connectivity index (χ1n) is 10.3. The van der Waals surface area contributed by atoms with Crippen LogP contribution in [0, 0.1) is 6.92 Å². The lowest BCUT2D eigenvalue weighted by atomic mass is 10.0. The van der Waals surface area contributed by atoms with Gasteiger partial charge in [-0.1, -0.05) is 54.6 Å². The normalized spacial score (nSPS) is 12.3. The molecule has 0 aliphatic carbocycles. The summed E-state index contributed by atoms with van der Waals surface area (Å²) in [7, 11) is 0. The molecule has 3 aromatic carbocycles. The summed E-state index contributed by atoms with van der Waals surface area (Å²) in [5.41, 5.74) is 0.0666. The minimum atomic E-state index is -0.779. The van der Waals surface area contributed by atoms with Crippen LogP contribution < -0.4 is 5.63 Å². The number of hydrogen-bond donors (Lipinski definition) is 2. The average Bonchev–Trinajstić information content (AvgIpc) is 2.84.